The van der Waals surface area contributed by atoms with Crippen molar-refractivity contribution in [3.63, 3.8) is 0 Å². The number of aliphatic hydroxyl groups is 1. The summed E-state index contributed by atoms with van der Waals surface area (Å²) in [6, 6.07) is 0. The van der Waals surface area contributed by atoms with Crippen LogP contribution in [0.1, 0.15) is 26.7 Å². The molecule has 0 aromatic carbocycles. The summed E-state index contributed by atoms with van der Waals surface area (Å²) in [5.41, 5.74) is 0. The first-order valence-electron chi connectivity index (χ1n) is 26.5. The monoisotopic (exact) mass is 1410 g/mol. The van der Waals surface area contributed by atoms with Crippen molar-refractivity contribution in [2.24, 2.45) is 11.8 Å². The molecule has 0 aliphatic carbocycles. The second-order valence-corrected chi connectivity index (χ2v) is 26.3. The standard InChI is InChI=1S/C40H89O39P7/c1-3-39(35-41)36-78-85(53,54)75-33-23-65-13-11-63-21-31-73-83(49,50)71-29-19-61-9-7-59-17-27-69-81(45,46)67-25-15-57-5-6-58-16-26-68-82(47,48)70-28-18-60-8-10-62-20-30-72-84(51,52)74-32-22-64-12-14-66-24-34-76-86(55,56)79-38-40(4-2)37-77-80(42,43)44/h39-41H,3-38H2,1-2H3,(H,45,46)(H,47,48)(H,49,50)(H,51,52)(H,53,54)(H,55,56)(H2,42,43,44). The minimum absolute atomic E-state index is 0.0311. The molecule has 0 bridgehead atoms. The zero-order chi connectivity index (χ0) is 64.4. The molecule has 8 unspecified atom stereocenters. The Hall–Kier alpha value is 0.330. The quantitative estimate of drug-likeness (QED) is 0.0311. The molecule has 0 saturated heterocycles. The van der Waals surface area contributed by atoms with Crippen LogP contribution in [-0.2, 0) is 138 Å². The van der Waals surface area contributed by atoms with Gasteiger partial charge in [0.25, 0.3) is 0 Å². The molecule has 39 nitrogen and oxygen atoms in total. The zero-order valence-electron chi connectivity index (χ0n) is 48.0. The lowest BCUT2D eigenvalue weighted by Crippen LogP contribution is -2.15. The van der Waals surface area contributed by atoms with E-state index in [1.807, 2.05) is 0 Å². The third kappa shape index (κ3) is 59.4. The van der Waals surface area contributed by atoms with Gasteiger partial charge >= 0.3 is 54.8 Å². The Labute approximate surface area is 499 Å². The van der Waals surface area contributed by atoms with Crippen LogP contribution in [0.2, 0.25) is 0 Å². The fraction of sp³-hybridized carbons (Fsp3) is 1.00. The molecule has 8 atom stereocenters. The highest BCUT2D eigenvalue weighted by Crippen LogP contribution is 2.47. The molecule has 0 rings (SSSR count). The van der Waals surface area contributed by atoms with Gasteiger partial charge in [0.15, 0.2) is 0 Å². The highest BCUT2D eigenvalue weighted by atomic mass is 31.2. The Kier molecular flexibility index (Phi) is 52.9. The van der Waals surface area contributed by atoms with Crippen LogP contribution in [0.3, 0.4) is 0 Å². The minimum atomic E-state index is -4.70. The predicted octanol–water partition coefficient (Wildman–Crippen LogP) is 2.11. The Morgan fingerprint density at radius 1 is 0.233 bits per heavy atom. The topological polar surface area (TPSA) is 514 Å². The van der Waals surface area contributed by atoms with Gasteiger partial charge in [0, 0.05) is 18.4 Å². The van der Waals surface area contributed by atoms with Crippen LogP contribution in [0.5, 0.6) is 0 Å². The number of rotatable bonds is 67. The van der Waals surface area contributed by atoms with E-state index >= 15 is 0 Å². The highest BCUT2D eigenvalue weighted by molar-refractivity contribution is 7.48. The average Bonchev–Trinajstić information content (AvgIpc) is 3.53. The van der Waals surface area contributed by atoms with Crippen LogP contribution in [0.15, 0.2) is 0 Å². The van der Waals surface area contributed by atoms with Gasteiger partial charge in [-0.1, -0.05) is 13.8 Å². The third-order valence-electron chi connectivity index (χ3n) is 9.52. The summed E-state index contributed by atoms with van der Waals surface area (Å²) in [6.07, 6.45) is 0.911. The van der Waals surface area contributed by atoms with Gasteiger partial charge in [0.05, 0.1) is 218 Å². The highest BCUT2D eigenvalue weighted by Gasteiger charge is 2.27. The average molecular weight is 1410 g/mol. The second kappa shape index (κ2) is 52.7. The van der Waals surface area contributed by atoms with Gasteiger partial charge in [-0.25, -0.2) is 32.0 Å². The van der Waals surface area contributed by atoms with Crippen LogP contribution < -0.4 is 0 Å². The molecule has 46 heteroatoms. The van der Waals surface area contributed by atoms with Crippen molar-refractivity contribution in [3.05, 3.63) is 0 Å². The smallest absolute Gasteiger partial charge is 0.396 e. The fourth-order valence-corrected chi connectivity index (χ4v) is 9.84. The van der Waals surface area contributed by atoms with Crippen LogP contribution in [0.25, 0.3) is 0 Å². The lowest BCUT2D eigenvalue weighted by Gasteiger charge is -2.18. The summed E-state index contributed by atoms with van der Waals surface area (Å²) in [4.78, 5) is 76.0. The molecule has 0 amide bonds. The van der Waals surface area contributed by atoms with Gasteiger partial charge in [-0.15, -0.1) is 0 Å². The third-order valence-corrected chi connectivity index (χ3v) is 16.0. The van der Waals surface area contributed by atoms with Gasteiger partial charge in [-0.05, 0) is 12.8 Å². The number of phosphoric acid groups is 7. The number of hydrogen-bond acceptors (Lipinski definition) is 31. The Morgan fingerprint density at radius 2 is 0.384 bits per heavy atom. The van der Waals surface area contributed by atoms with Crippen LogP contribution in [0, 0.1) is 11.8 Å². The minimum Gasteiger partial charge on any atom is -0.396 e. The van der Waals surface area contributed by atoms with Gasteiger partial charge in [0.2, 0.25) is 0 Å². The van der Waals surface area contributed by atoms with Gasteiger partial charge in [0.1, 0.15) is 0 Å². The van der Waals surface area contributed by atoms with Crippen molar-refractivity contribution < 1.29 is 182 Å². The van der Waals surface area contributed by atoms with E-state index in [1.54, 1.807) is 13.8 Å². The van der Waals surface area contributed by atoms with E-state index in [1.165, 1.54) is 0 Å². The SMILES string of the molecule is CCC(CO)COP(=O)(O)OCCOCCOCCOP(=O)(O)OCCOCCOCCOP(=O)(O)OCCOCCOCCOP(=O)(O)OCCOCCOCCOP(=O)(O)OCCOCCOCCOP(=O)(O)OCC(CC)COP(=O)(O)O. The summed E-state index contributed by atoms with van der Waals surface area (Å²) in [5, 5.41) is 9.10. The van der Waals surface area contributed by atoms with E-state index in [-0.39, 0.29) is 231 Å². The van der Waals surface area contributed by atoms with E-state index in [2.05, 4.69) is 4.52 Å². The fourth-order valence-electron chi connectivity index (χ4n) is 5.13. The number of hydrogen-bond donors (Lipinski definition) is 9. The van der Waals surface area contributed by atoms with Gasteiger partial charge in [-0.2, -0.15) is 0 Å². The lowest BCUT2D eigenvalue weighted by atomic mass is 10.1. The molecule has 0 aromatic rings. The molecular formula is C40H89O39P7. The molecule has 86 heavy (non-hydrogen) atoms. The summed E-state index contributed by atoms with van der Waals surface area (Å²) in [5.74, 6) is -0.851. The van der Waals surface area contributed by atoms with Gasteiger partial charge in [-0.3, -0.25) is 58.8 Å². The molecule has 0 heterocycles. The first-order chi connectivity index (χ1) is 40.7. The molecule has 0 saturated carbocycles. The molecule has 0 aromatic heterocycles. The normalized spacial score (nSPS) is 17.3. The molecule has 0 aliphatic rings. The van der Waals surface area contributed by atoms with E-state index in [9.17, 15) is 61.3 Å². The lowest BCUT2D eigenvalue weighted by molar-refractivity contribution is 0.00617. The molecule has 518 valence electrons. The van der Waals surface area contributed by atoms with E-state index < -0.39 is 60.7 Å². The van der Waals surface area contributed by atoms with Gasteiger partial charge < -0.3 is 91.6 Å². The van der Waals surface area contributed by atoms with E-state index in [4.69, 9.17) is 117 Å². The maximum absolute atomic E-state index is 12.0. The van der Waals surface area contributed by atoms with E-state index in [0.717, 1.165) is 0 Å². The maximum atomic E-state index is 12.0. The van der Waals surface area contributed by atoms with Crippen molar-refractivity contribution in [3.8, 4) is 0 Å². The number of phosphoric ester groups is 7. The van der Waals surface area contributed by atoms with Crippen LogP contribution in [-0.4, -0.2) is 269 Å². The van der Waals surface area contributed by atoms with Crippen molar-refractivity contribution >= 4 is 54.8 Å². The maximum Gasteiger partial charge on any atom is 0.472 e. The molecule has 0 radical (unpaired) electrons. The Balaban J connectivity index is 3.67. The number of aliphatic hydroxyl groups excluding tert-OH is 1. The molecule has 0 spiro atoms. The molecule has 9 N–H and O–H groups in total. The summed E-state index contributed by atoms with van der Waals surface area (Å²) < 4.78 is 197. The first kappa shape index (κ1) is 86.3. The number of ether oxygens (including phenoxy) is 10. The summed E-state index contributed by atoms with van der Waals surface area (Å²) in [7, 11) is -31.1. The summed E-state index contributed by atoms with van der Waals surface area (Å²) >= 11 is 0. The van der Waals surface area contributed by atoms with Crippen molar-refractivity contribution in [1.82, 2.24) is 0 Å². The van der Waals surface area contributed by atoms with Crippen LogP contribution >= 0.6 is 54.8 Å². The molecule has 0 aliphatic heterocycles. The second-order valence-electron chi connectivity index (χ2n) is 16.4. The molecular weight excluding hydrogens is 1320 g/mol. The van der Waals surface area contributed by atoms with E-state index in [0.29, 0.717) is 12.8 Å². The zero-order valence-corrected chi connectivity index (χ0v) is 54.3. The van der Waals surface area contributed by atoms with Crippen molar-refractivity contribution in [2.45, 2.75) is 26.7 Å². The summed E-state index contributed by atoms with van der Waals surface area (Å²) in [6.45, 7) is -0.841. The van der Waals surface area contributed by atoms with Crippen molar-refractivity contribution in [2.75, 3.05) is 225 Å². The predicted molar refractivity (Wildman–Crippen MR) is 291 cm³/mol. The Morgan fingerprint density at radius 3 is 0.547 bits per heavy atom. The van der Waals surface area contributed by atoms with Crippen molar-refractivity contribution in [1.29, 1.82) is 0 Å². The first-order valence-corrected chi connectivity index (χ1v) is 37.0. The Bertz CT molecular complexity index is 1970. The largest absolute Gasteiger partial charge is 0.472 e. The van der Waals surface area contributed by atoms with Crippen LogP contribution in [0.4, 0.5) is 0 Å². The molecule has 0 fully saturated rings.